The lowest BCUT2D eigenvalue weighted by Gasteiger charge is -2.01. The first-order chi connectivity index (χ1) is 7.15. The lowest BCUT2D eigenvalue weighted by atomic mass is 10.1. The highest BCUT2D eigenvalue weighted by atomic mass is 16.3. The molecule has 0 saturated heterocycles. The molecule has 0 saturated carbocycles. The number of aliphatic hydroxyl groups is 1. The minimum atomic E-state index is -0.662. The molecule has 0 aromatic heterocycles. The van der Waals surface area contributed by atoms with Gasteiger partial charge in [0.1, 0.15) is 5.75 Å². The number of primary amides is 1. The van der Waals surface area contributed by atoms with Crippen LogP contribution in [0.3, 0.4) is 0 Å². The number of aliphatic hydroxyl groups excluding tert-OH is 1. The van der Waals surface area contributed by atoms with Crippen molar-refractivity contribution in [2.24, 2.45) is 5.73 Å². The lowest BCUT2D eigenvalue weighted by Crippen LogP contribution is -2.11. The first kappa shape index (κ1) is 11.3. The van der Waals surface area contributed by atoms with E-state index in [9.17, 15) is 9.90 Å². The van der Waals surface area contributed by atoms with E-state index in [0.29, 0.717) is 6.42 Å². The smallest absolute Gasteiger partial charge is 0.252 e. The maximum atomic E-state index is 10.9. The molecular weight excluding hydrogens is 194 g/mol. The molecule has 1 aromatic rings. The molecule has 15 heavy (non-hydrogen) atoms. The van der Waals surface area contributed by atoms with Gasteiger partial charge >= 0.3 is 0 Å². The zero-order valence-electron chi connectivity index (χ0n) is 8.18. The van der Waals surface area contributed by atoms with Gasteiger partial charge in [-0.15, -0.1) is 0 Å². The summed E-state index contributed by atoms with van der Waals surface area (Å²) in [5, 5.41) is 17.9. The molecule has 0 aliphatic heterocycles. The Hall–Kier alpha value is -1.81. The fourth-order valence-corrected chi connectivity index (χ4v) is 1.15. The highest BCUT2D eigenvalue weighted by molar-refractivity contribution is 5.96. The van der Waals surface area contributed by atoms with Gasteiger partial charge in [-0.2, -0.15) is 0 Å². The minimum absolute atomic E-state index is 0.0806. The lowest BCUT2D eigenvalue weighted by molar-refractivity contribution is 0.0997. The Morgan fingerprint density at radius 1 is 1.47 bits per heavy atom. The van der Waals surface area contributed by atoms with E-state index in [4.69, 9.17) is 10.8 Å². The van der Waals surface area contributed by atoms with Crippen molar-refractivity contribution in [3.63, 3.8) is 0 Å². The Balaban J connectivity index is 2.92. The molecule has 80 valence electrons. The molecule has 1 aromatic carbocycles. The van der Waals surface area contributed by atoms with Gasteiger partial charge in [0.25, 0.3) is 5.91 Å². The molecule has 0 heterocycles. The Labute approximate surface area is 87.7 Å². The van der Waals surface area contributed by atoms with Crippen molar-refractivity contribution < 1.29 is 15.0 Å². The molecule has 0 aliphatic carbocycles. The Morgan fingerprint density at radius 3 is 2.80 bits per heavy atom. The summed E-state index contributed by atoms with van der Waals surface area (Å²) in [6, 6.07) is 4.58. The average Bonchev–Trinajstić information content (AvgIpc) is 2.20. The third-order valence-electron chi connectivity index (χ3n) is 1.89. The SMILES string of the molecule is NC(=O)c1cc(C=CCCO)ccc1O. The summed E-state index contributed by atoms with van der Waals surface area (Å²) in [6.45, 7) is 0.0806. The zero-order valence-corrected chi connectivity index (χ0v) is 8.18. The summed E-state index contributed by atoms with van der Waals surface area (Å²) in [4.78, 5) is 10.9. The van der Waals surface area contributed by atoms with E-state index in [2.05, 4.69) is 0 Å². The maximum absolute atomic E-state index is 10.9. The molecule has 4 nitrogen and oxygen atoms in total. The molecule has 0 radical (unpaired) electrons. The molecule has 0 atom stereocenters. The molecular formula is C11H13NO3. The molecule has 0 spiro atoms. The molecule has 0 fully saturated rings. The predicted octanol–water partition coefficient (Wildman–Crippen LogP) is 0.887. The van der Waals surface area contributed by atoms with E-state index in [0.717, 1.165) is 5.56 Å². The van der Waals surface area contributed by atoms with E-state index in [1.54, 1.807) is 18.2 Å². The third-order valence-corrected chi connectivity index (χ3v) is 1.89. The van der Waals surface area contributed by atoms with Gasteiger partial charge in [0, 0.05) is 6.61 Å². The van der Waals surface area contributed by atoms with E-state index in [-0.39, 0.29) is 17.9 Å². The summed E-state index contributed by atoms with van der Waals surface area (Å²) in [5.74, 6) is -0.785. The number of carbonyl (C=O) groups is 1. The van der Waals surface area contributed by atoms with Crippen molar-refractivity contribution in [2.75, 3.05) is 6.61 Å². The van der Waals surface area contributed by atoms with Crippen LogP contribution in [0.5, 0.6) is 5.75 Å². The number of rotatable bonds is 4. The highest BCUT2D eigenvalue weighted by Gasteiger charge is 2.06. The topological polar surface area (TPSA) is 83.6 Å². The van der Waals surface area contributed by atoms with Crippen LogP contribution in [0.1, 0.15) is 22.3 Å². The molecule has 0 unspecified atom stereocenters. The van der Waals surface area contributed by atoms with Gasteiger partial charge in [0.05, 0.1) is 5.56 Å². The van der Waals surface area contributed by atoms with Crippen molar-refractivity contribution in [1.82, 2.24) is 0 Å². The number of aromatic hydroxyl groups is 1. The molecule has 4 N–H and O–H groups in total. The van der Waals surface area contributed by atoms with Crippen LogP contribution in [-0.2, 0) is 0 Å². The third kappa shape index (κ3) is 3.11. The van der Waals surface area contributed by atoms with Gasteiger partial charge < -0.3 is 15.9 Å². The average molecular weight is 207 g/mol. The number of phenols is 1. The normalized spacial score (nSPS) is 10.7. The quantitative estimate of drug-likeness (QED) is 0.685. The van der Waals surface area contributed by atoms with Gasteiger partial charge in [-0.25, -0.2) is 0 Å². The Morgan fingerprint density at radius 2 is 2.20 bits per heavy atom. The number of hydrogen-bond acceptors (Lipinski definition) is 3. The minimum Gasteiger partial charge on any atom is -0.507 e. The van der Waals surface area contributed by atoms with Crippen LogP contribution in [0.25, 0.3) is 6.08 Å². The van der Waals surface area contributed by atoms with Crippen LogP contribution < -0.4 is 5.73 Å². The predicted molar refractivity (Wildman–Crippen MR) is 57.4 cm³/mol. The van der Waals surface area contributed by atoms with Crippen LogP contribution in [0.4, 0.5) is 0 Å². The standard InChI is InChI=1S/C11H13NO3/c12-11(15)9-7-8(3-1-2-6-13)4-5-10(9)14/h1,3-5,7,13-14H,2,6H2,(H2,12,15). The van der Waals surface area contributed by atoms with Crippen LogP contribution >= 0.6 is 0 Å². The summed E-state index contributed by atoms with van der Waals surface area (Å²) in [7, 11) is 0. The van der Waals surface area contributed by atoms with Crippen molar-refractivity contribution in [1.29, 1.82) is 0 Å². The number of amides is 1. The maximum Gasteiger partial charge on any atom is 0.252 e. The summed E-state index contributed by atoms with van der Waals surface area (Å²) >= 11 is 0. The Kier molecular flexibility index (Phi) is 3.88. The van der Waals surface area contributed by atoms with Gasteiger partial charge in [-0.05, 0) is 24.1 Å². The Bertz CT molecular complexity index is 385. The first-order valence-corrected chi connectivity index (χ1v) is 4.55. The van der Waals surface area contributed by atoms with Crippen LogP contribution in [0.15, 0.2) is 24.3 Å². The van der Waals surface area contributed by atoms with E-state index < -0.39 is 5.91 Å². The molecule has 0 bridgehead atoms. The van der Waals surface area contributed by atoms with Gasteiger partial charge in [0.2, 0.25) is 0 Å². The van der Waals surface area contributed by atoms with Gasteiger partial charge in [-0.3, -0.25) is 4.79 Å². The molecule has 1 rings (SSSR count). The largest absolute Gasteiger partial charge is 0.507 e. The summed E-state index contributed by atoms with van der Waals surface area (Å²) in [5.41, 5.74) is 5.93. The molecule has 1 amide bonds. The monoisotopic (exact) mass is 207 g/mol. The van der Waals surface area contributed by atoms with Crippen molar-refractivity contribution in [2.45, 2.75) is 6.42 Å². The van der Waals surface area contributed by atoms with Crippen molar-refractivity contribution in [3.8, 4) is 5.75 Å². The van der Waals surface area contributed by atoms with Crippen LogP contribution in [0, 0.1) is 0 Å². The van der Waals surface area contributed by atoms with Gasteiger partial charge in [0.15, 0.2) is 0 Å². The van der Waals surface area contributed by atoms with E-state index in [1.807, 2.05) is 0 Å². The number of hydrogen-bond donors (Lipinski definition) is 3. The molecule has 0 aliphatic rings. The summed E-state index contributed by atoms with van der Waals surface area (Å²) < 4.78 is 0. The second kappa shape index (κ2) is 5.17. The van der Waals surface area contributed by atoms with Gasteiger partial charge in [-0.1, -0.05) is 18.2 Å². The highest BCUT2D eigenvalue weighted by Crippen LogP contribution is 2.18. The fourth-order valence-electron chi connectivity index (χ4n) is 1.15. The number of nitrogens with two attached hydrogens (primary N) is 1. The van der Waals surface area contributed by atoms with E-state index in [1.165, 1.54) is 12.1 Å². The van der Waals surface area contributed by atoms with E-state index >= 15 is 0 Å². The van der Waals surface area contributed by atoms with Crippen LogP contribution in [-0.4, -0.2) is 22.7 Å². The fraction of sp³-hybridized carbons (Fsp3) is 0.182. The first-order valence-electron chi connectivity index (χ1n) is 4.55. The number of carbonyl (C=O) groups excluding carboxylic acids is 1. The number of benzene rings is 1. The zero-order chi connectivity index (χ0) is 11.3. The van der Waals surface area contributed by atoms with Crippen molar-refractivity contribution >= 4 is 12.0 Å². The van der Waals surface area contributed by atoms with Crippen molar-refractivity contribution in [3.05, 3.63) is 35.4 Å². The second-order valence-corrected chi connectivity index (χ2v) is 3.06. The molecule has 4 heteroatoms. The second-order valence-electron chi connectivity index (χ2n) is 3.06. The van der Waals surface area contributed by atoms with Crippen LogP contribution in [0.2, 0.25) is 0 Å². The summed E-state index contributed by atoms with van der Waals surface area (Å²) in [6.07, 6.45) is 4.08.